The summed E-state index contributed by atoms with van der Waals surface area (Å²) in [5.41, 5.74) is 0. The van der Waals surface area contributed by atoms with Crippen LogP contribution in [0.1, 0.15) is 0 Å². The molecule has 0 atom stereocenters. The van der Waals surface area contributed by atoms with Gasteiger partial charge in [0, 0.05) is 6.20 Å². The third-order valence-corrected chi connectivity index (χ3v) is 2.67. The molecule has 0 radical (unpaired) electrons. The summed E-state index contributed by atoms with van der Waals surface area (Å²) < 4.78 is 31.9. The van der Waals surface area contributed by atoms with Crippen molar-refractivity contribution in [1.29, 1.82) is 0 Å². The molecule has 0 amide bonds. The van der Waals surface area contributed by atoms with Gasteiger partial charge in [0.1, 0.15) is 0 Å². The summed E-state index contributed by atoms with van der Waals surface area (Å²) >= 11 is 8.85. The topological polar surface area (TPSA) is 22.1 Å². The molecule has 2 aromatic rings. The van der Waals surface area contributed by atoms with E-state index in [1.54, 1.807) is 6.07 Å². The van der Waals surface area contributed by atoms with Crippen LogP contribution in [0, 0.1) is 11.6 Å². The smallest absolute Gasteiger partial charge is 0.233 e. The minimum Gasteiger partial charge on any atom is -0.435 e. The molecule has 0 spiro atoms. The van der Waals surface area contributed by atoms with Crippen molar-refractivity contribution in [3.8, 4) is 11.6 Å². The number of hydrogen-bond donors (Lipinski definition) is 0. The second-order valence-corrected chi connectivity index (χ2v) is 4.39. The number of benzene rings is 1. The van der Waals surface area contributed by atoms with Gasteiger partial charge < -0.3 is 4.74 Å². The van der Waals surface area contributed by atoms with Crippen LogP contribution in [0.4, 0.5) is 8.78 Å². The van der Waals surface area contributed by atoms with E-state index in [1.165, 1.54) is 18.3 Å². The Hall–Kier alpha value is -1.20. The Balaban J connectivity index is 2.35. The number of hydrogen-bond acceptors (Lipinski definition) is 2. The number of rotatable bonds is 2. The van der Waals surface area contributed by atoms with Crippen molar-refractivity contribution in [3.05, 3.63) is 51.6 Å². The van der Waals surface area contributed by atoms with Crippen LogP contribution in [0.5, 0.6) is 11.6 Å². The molecule has 6 heteroatoms. The Morgan fingerprint density at radius 1 is 1.29 bits per heavy atom. The van der Waals surface area contributed by atoms with Crippen LogP contribution in [-0.2, 0) is 0 Å². The van der Waals surface area contributed by atoms with E-state index in [9.17, 15) is 8.78 Å². The van der Waals surface area contributed by atoms with Crippen molar-refractivity contribution < 1.29 is 13.5 Å². The van der Waals surface area contributed by atoms with E-state index >= 15 is 0 Å². The van der Waals surface area contributed by atoms with Crippen LogP contribution in [-0.4, -0.2) is 4.98 Å². The molecule has 0 aliphatic heterocycles. The van der Waals surface area contributed by atoms with Gasteiger partial charge >= 0.3 is 0 Å². The first-order valence-corrected chi connectivity index (χ1v) is 5.68. The van der Waals surface area contributed by atoms with Crippen molar-refractivity contribution in [2.75, 3.05) is 0 Å². The molecule has 1 aromatic heterocycles. The van der Waals surface area contributed by atoms with Gasteiger partial charge in [-0.3, -0.25) is 0 Å². The van der Waals surface area contributed by atoms with E-state index in [1.807, 2.05) is 0 Å². The molecule has 0 aliphatic rings. The Kier molecular flexibility index (Phi) is 3.59. The predicted octanol–water partition coefficient (Wildman–Crippen LogP) is 4.57. The first kappa shape index (κ1) is 12.3. The predicted molar refractivity (Wildman–Crippen MR) is 63.4 cm³/mol. The fourth-order valence-electron chi connectivity index (χ4n) is 1.14. The molecule has 2 rings (SSSR count). The van der Waals surface area contributed by atoms with E-state index < -0.39 is 11.6 Å². The lowest BCUT2D eigenvalue weighted by molar-refractivity contribution is 0.403. The highest BCUT2D eigenvalue weighted by Gasteiger charge is 2.12. The molecule has 88 valence electrons. The van der Waals surface area contributed by atoms with E-state index in [0.29, 0.717) is 9.50 Å². The third-order valence-electron chi connectivity index (χ3n) is 1.90. The van der Waals surface area contributed by atoms with Crippen molar-refractivity contribution in [1.82, 2.24) is 4.98 Å². The second-order valence-electron chi connectivity index (χ2n) is 3.09. The van der Waals surface area contributed by atoms with Gasteiger partial charge in [0.05, 0.1) is 9.50 Å². The zero-order valence-electron chi connectivity index (χ0n) is 8.25. The Bertz CT molecular complexity index is 565. The maximum atomic E-state index is 13.3. The molecule has 0 saturated heterocycles. The standard InChI is InChI=1S/C11H5BrClF2NO/c12-7-4-6(13)5-16-11(7)17-9-3-1-2-8(14)10(9)15/h1-5H. The Labute approximate surface area is 109 Å². The molecule has 2 nitrogen and oxygen atoms in total. The SMILES string of the molecule is Fc1cccc(Oc2ncc(Cl)cc2Br)c1F. The Morgan fingerprint density at radius 3 is 2.76 bits per heavy atom. The van der Waals surface area contributed by atoms with Crippen molar-refractivity contribution >= 4 is 27.5 Å². The molecule has 17 heavy (non-hydrogen) atoms. The molecule has 0 fully saturated rings. The lowest BCUT2D eigenvalue weighted by Gasteiger charge is -2.07. The molecule has 1 aromatic carbocycles. The number of halogens is 4. The fraction of sp³-hybridized carbons (Fsp3) is 0. The van der Waals surface area contributed by atoms with Gasteiger partial charge in [-0.15, -0.1) is 0 Å². The molecule has 0 bridgehead atoms. The number of aromatic nitrogens is 1. The van der Waals surface area contributed by atoms with Gasteiger partial charge in [0.15, 0.2) is 11.6 Å². The maximum Gasteiger partial charge on any atom is 0.233 e. The molecule has 1 heterocycles. The zero-order chi connectivity index (χ0) is 12.4. The van der Waals surface area contributed by atoms with Gasteiger partial charge in [-0.1, -0.05) is 17.7 Å². The normalized spacial score (nSPS) is 10.4. The summed E-state index contributed by atoms with van der Waals surface area (Å²) in [4.78, 5) is 3.85. The van der Waals surface area contributed by atoms with Crippen LogP contribution in [0.3, 0.4) is 0 Å². The van der Waals surface area contributed by atoms with Gasteiger partial charge in [-0.25, -0.2) is 9.37 Å². The van der Waals surface area contributed by atoms with Gasteiger partial charge in [0.25, 0.3) is 0 Å². The summed E-state index contributed by atoms with van der Waals surface area (Å²) in [5.74, 6) is -2.16. The first-order chi connectivity index (χ1) is 8.08. The molecular formula is C11H5BrClF2NO. The van der Waals surface area contributed by atoms with E-state index in [0.717, 1.165) is 6.07 Å². The van der Waals surface area contributed by atoms with Gasteiger partial charge in [-0.05, 0) is 34.1 Å². The van der Waals surface area contributed by atoms with Crippen LogP contribution < -0.4 is 4.74 Å². The van der Waals surface area contributed by atoms with Crippen LogP contribution in [0.2, 0.25) is 5.02 Å². The molecule has 0 saturated carbocycles. The lowest BCUT2D eigenvalue weighted by atomic mass is 10.3. The van der Waals surface area contributed by atoms with Crippen molar-refractivity contribution in [2.24, 2.45) is 0 Å². The monoisotopic (exact) mass is 319 g/mol. The average Bonchev–Trinajstić information content (AvgIpc) is 2.28. The Morgan fingerprint density at radius 2 is 2.06 bits per heavy atom. The summed E-state index contributed by atoms with van der Waals surface area (Å²) in [6.45, 7) is 0. The number of ether oxygens (including phenoxy) is 1. The van der Waals surface area contributed by atoms with E-state index in [2.05, 4.69) is 20.9 Å². The summed E-state index contributed by atoms with van der Waals surface area (Å²) in [5, 5.41) is 0.406. The number of nitrogens with zero attached hydrogens (tertiary/aromatic N) is 1. The zero-order valence-corrected chi connectivity index (χ0v) is 10.6. The van der Waals surface area contributed by atoms with Crippen LogP contribution >= 0.6 is 27.5 Å². The second kappa shape index (κ2) is 4.98. The molecule has 0 N–H and O–H groups in total. The first-order valence-electron chi connectivity index (χ1n) is 4.51. The maximum absolute atomic E-state index is 13.3. The van der Waals surface area contributed by atoms with E-state index in [-0.39, 0.29) is 11.6 Å². The summed E-state index contributed by atoms with van der Waals surface area (Å²) in [6, 6.07) is 5.20. The van der Waals surface area contributed by atoms with Crippen LogP contribution in [0.15, 0.2) is 34.9 Å². The molecule has 0 unspecified atom stereocenters. The minimum atomic E-state index is -1.06. The molecular weight excluding hydrogens is 315 g/mol. The van der Waals surface area contributed by atoms with E-state index in [4.69, 9.17) is 16.3 Å². The average molecular weight is 321 g/mol. The fourth-order valence-corrected chi connectivity index (χ4v) is 1.86. The van der Waals surface area contributed by atoms with Crippen molar-refractivity contribution in [3.63, 3.8) is 0 Å². The largest absolute Gasteiger partial charge is 0.435 e. The lowest BCUT2D eigenvalue weighted by Crippen LogP contribution is -1.94. The van der Waals surface area contributed by atoms with Crippen LogP contribution in [0.25, 0.3) is 0 Å². The minimum absolute atomic E-state index is 0.110. The summed E-state index contributed by atoms with van der Waals surface area (Å²) in [7, 11) is 0. The van der Waals surface area contributed by atoms with Crippen molar-refractivity contribution in [2.45, 2.75) is 0 Å². The third kappa shape index (κ3) is 2.73. The van der Waals surface area contributed by atoms with Gasteiger partial charge in [-0.2, -0.15) is 4.39 Å². The number of pyridine rings is 1. The highest BCUT2D eigenvalue weighted by atomic mass is 79.9. The highest BCUT2D eigenvalue weighted by molar-refractivity contribution is 9.10. The quantitative estimate of drug-likeness (QED) is 0.809. The summed E-state index contributed by atoms with van der Waals surface area (Å²) in [6.07, 6.45) is 1.35. The van der Waals surface area contributed by atoms with Gasteiger partial charge in [0.2, 0.25) is 11.7 Å². The highest BCUT2D eigenvalue weighted by Crippen LogP contribution is 2.31. The molecule has 0 aliphatic carbocycles.